The molecule has 5 rings (SSSR count). The Morgan fingerprint density at radius 3 is 2.40 bits per heavy atom. The Kier molecular flexibility index (Phi) is 6.73. The molecular weight excluding hydrogens is 438 g/mol. The van der Waals surface area contributed by atoms with Crippen LogP contribution in [0.2, 0.25) is 0 Å². The number of amides is 1. The molecular formula is C29H29N3O3. The first-order valence-corrected chi connectivity index (χ1v) is 12.1. The van der Waals surface area contributed by atoms with Crippen LogP contribution in [0.5, 0.6) is 0 Å². The number of nitrogens with zero attached hydrogens (tertiary/aromatic N) is 3. The maximum atomic E-state index is 13.5. The van der Waals surface area contributed by atoms with Gasteiger partial charge in [0.2, 0.25) is 0 Å². The van der Waals surface area contributed by atoms with Crippen molar-refractivity contribution in [3.05, 3.63) is 95.6 Å². The molecule has 1 saturated heterocycles. The van der Waals surface area contributed by atoms with Crippen LogP contribution in [-0.2, 0) is 16.0 Å². The number of para-hydroxylation sites is 2. The summed E-state index contributed by atoms with van der Waals surface area (Å²) in [6.45, 7) is 2.45. The third kappa shape index (κ3) is 4.88. The molecule has 0 atom stereocenters. The molecule has 0 aromatic heterocycles. The summed E-state index contributed by atoms with van der Waals surface area (Å²) in [5.41, 5.74) is 4.17. The van der Waals surface area contributed by atoms with Crippen molar-refractivity contribution in [1.82, 2.24) is 4.90 Å². The zero-order chi connectivity index (χ0) is 24.2. The standard InChI is InChI=1S/C29H29N3O3/c1-35-29(34)23-11-5-7-13-25(23)30-27-24-12-6-8-14-26(24)32(28(27)33)20-31-17-15-22(16-18-31)19-21-9-3-2-4-10-21/h2-14,22H,15-20H2,1H3. The maximum absolute atomic E-state index is 13.5. The Bertz CT molecular complexity index is 1250. The van der Waals surface area contributed by atoms with Crippen LogP contribution in [0.25, 0.3) is 0 Å². The first kappa shape index (κ1) is 23.0. The summed E-state index contributed by atoms with van der Waals surface area (Å²) in [6, 6.07) is 25.3. The normalized spacial score (nSPS) is 17.6. The first-order chi connectivity index (χ1) is 17.1. The van der Waals surface area contributed by atoms with Crippen LogP contribution in [-0.4, -0.2) is 49.4 Å². The van der Waals surface area contributed by atoms with E-state index in [0.29, 0.717) is 29.5 Å². The van der Waals surface area contributed by atoms with Crippen molar-refractivity contribution in [2.45, 2.75) is 19.3 Å². The van der Waals surface area contributed by atoms with Crippen LogP contribution in [0.1, 0.15) is 34.3 Å². The highest BCUT2D eigenvalue weighted by Crippen LogP contribution is 2.32. The molecule has 6 heteroatoms. The number of carbonyl (C=O) groups is 2. The van der Waals surface area contributed by atoms with Gasteiger partial charge in [-0.1, -0.05) is 60.7 Å². The van der Waals surface area contributed by atoms with Crippen molar-refractivity contribution in [2.24, 2.45) is 10.9 Å². The van der Waals surface area contributed by atoms with E-state index in [1.165, 1.54) is 12.7 Å². The van der Waals surface area contributed by atoms with Gasteiger partial charge in [0.15, 0.2) is 0 Å². The highest BCUT2D eigenvalue weighted by molar-refractivity contribution is 6.54. The molecule has 2 aliphatic rings. The summed E-state index contributed by atoms with van der Waals surface area (Å²) in [5.74, 6) is 0.0540. The molecule has 0 radical (unpaired) electrons. The zero-order valence-electron chi connectivity index (χ0n) is 19.9. The molecule has 0 bridgehead atoms. The number of carbonyl (C=O) groups excluding carboxylic acids is 2. The van der Waals surface area contributed by atoms with E-state index in [0.717, 1.165) is 43.6 Å². The van der Waals surface area contributed by atoms with Crippen molar-refractivity contribution in [3.8, 4) is 0 Å². The molecule has 2 heterocycles. The second-order valence-electron chi connectivity index (χ2n) is 9.11. The zero-order valence-corrected chi connectivity index (χ0v) is 19.9. The number of piperidine rings is 1. The molecule has 3 aromatic carbocycles. The Labute approximate surface area is 205 Å². The van der Waals surface area contributed by atoms with Crippen molar-refractivity contribution >= 4 is 29.0 Å². The molecule has 6 nitrogen and oxygen atoms in total. The molecule has 178 valence electrons. The number of aliphatic imine (C=N–C) groups is 1. The van der Waals surface area contributed by atoms with Crippen LogP contribution in [0.4, 0.5) is 11.4 Å². The summed E-state index contributed by atoms with van der Waals surface area (Å²) < 4.78 is 4.90. The SMILES string of the molecule is COC(=O)c1ccccc1N=C1C(=O)N(CN2CCC(Cc3ccccc3)CC2)c2ccccc21. The number of rotatable bonds is 6. The van der Waals surface area contributed by atoms with Crippen LogP contribution < -0.4 is 4.90 Å². The predicted octanol–water partition coefficient (Wildman–Crippen LogP) is 4.85. The summed E-state index contributed by atoms with van der Waals surface area (Å²) in [7, 11) is 1.34. The Balaban J connectivity index is 1.33. The van der Waals surface area contributed by atoms with Crippen molar-refractivity contribution in [2.75, 3.05) is 31.8 Å². The molecule has 3 aromatic rings. The largest absolute Gasteiger partial charge is 0.465 e. The number of ether oxygens (including phenoxy) is 1. The molecule has 0 unspecified atom stereocenters. The van der Waals surface area contributed by atoms with Gasteiger partial charge in [0.05, 0.1) is 30.7 Å². The van der Waals surface area contributed by atoms with Crippen LogP contribution in [0, 0.1) is 5.92 Å². The van der Waals surface area contributed by atoms with Crippen LogP contribution in [0.3, 0.4) is 0 Å². The molecule has 0 saturated carbocycles. The van der Waals surface area contributed by atoms with Gasteiger partial charge < -0.3 is 4.74 Å². The summed E-state index contributed by atoms with van der Waals surface area (Å²) in [6.07, 6.45) is 3.34. The van der Waals surface area contributed by atoms with E-state index in [-0.39, 0.29) is 5.91 Å². The number of esters is 1. The highest BCUT2D eigenvalue weighted by Gasteiger charge is 2.35. The van der Waals surface area contributed by atoms with E-state index in [9.17, 15) is 9.59 Å². The number of benzene rings is 3. The molecule has 35 heavy (non-hydrogen) atoms. The monoisotopic (exact) mass is 467 g/mol. The van der Waals surface area contributed by atoms with Gasteiger partial charge in [0.25, 0.3) is 5.91 Å². The second kappa shape index (κ2) is 10.2. The van der Waals surface area contributed by atoms with Crippen molar-refractivity contribution < 1.29 is 14.3 Å². The van der Waals surface area contributed by atoms with E-state index in [2.05, 4.69) is 40.2 Å². The highest BCUT2D eigenvalue weighted by atomic mass is 16.5. The average Bonchev–Trinajstić information content (AvgIpc) is 3.16. The lowest BCUT2D eigenvalue weighted by molar-refractivity contribution is -0.112. The van der Waals surface area contributed by atoms with Crippen LogP contribution in [0.15, 0.2) is 83.9 Å². The smallest absolute Gasteiger partial charge is 0.340 e. The van der Waals surface area contributed by atoms with Crippen molar-refractivity contribution in [3.63, 3.8) is 0 Å². The number of anilines is 1. The van der Waals surface area contributed by atoms with Gasteiger partial charge in [0, 0.05) is 18.7 Å². The molecule has 0 N–H and O–H groups in total. The lowest BCUT2D eigenvalue weighted by Gasteiger charge is -2.34. The van der Waals surface area contributed by atoms with E-state index >= 15 is 0 Å². The van der Waals surface area contributed by atoms with E-state index in [4.69, 9.17) is 4.74 Å². The Morgan fingerprint density at radius 2 is 1.63 bits per heavy atom. The quantitative estimate of drug-likeness (QED) is 0.486. The molecule has 1 amide bonds. The van der Waals surface area contributed by atoms with Gasteiger partial charge in [-0.25, -0.2) is 9.79 Å². The lowest BCUT2D eigenvalue weighted by atomic mass is 9.90. The number of methoxy groups -OCH3 is 1. The Hall–Kier alpha value is -3.77. The third-order valence-electron chi connectivity index (χ3n) is 6.86. The van der Waals surface area contributed by atoms with E-state index in [1.807, 2.05) is 29.2 Å². The molecule has 2 aliphatic heterocycles. The van der Waals surface area contributed by atoms with E-state index < -0.39 is 5.97 Å². The van der Waals surface area contributed by atoms with Gasteiger partial charge in [-0.2, -0.15) is 0 Å². The van der Waals surface area contributed by atoms with Gasteiger partial charge in [-0.15, -0.1) is 0 Å². The number of fused-ring (bicyclic) bond motifs is 1. The predicted molar refractivity (Wildman–Crippen MR) is 137 cm³/mol. The Morgan fingerprint density at radius 1 is 0.943 bits per heavy atom. The maximum Gasteiger partial charge on any atom is 0.340 e. The van der Waals surface area contributed by atoms with Gasteiger partial charge in [-0.3, -0.25) is 14.6 Å². The number of hydrogen-bond acceptors (Lipinski definition) is 5. The molecule has 0 spiro atoms. The van der Waals surface area contributed by atoms with Crippen LogP contribution >= 0.6 is 0 Å². The van der Waals surface area contributed by atoms with Gasteiger partial charge in [0.1, 0.15) is 5.71 Å². The molecule has 0 aliphatic carbocycles. The number of hydrogen-bond donors (Lipinski definition) is 0. The fraction of sp³-hybridized carbons (Fsp3) is 0.276. The average molecular weight is 468 g/mol. The fourth-order valence-electron chi connectivity index (χ4n) is 4.96. The topological polar surface area (TPSA) is 62.2 Å². The first-order valence-electron chi connectivity index (χ1n) is 12.1. The fourth-order valence-corrected chi connectivity index (χ4v) is 4.96. The summed E-state index contributed by atoms with van der Waals surface area (Å²) >= 11 is 0. The minimum absolute atomic E-state index is 0.141. The van der Waals surface area contributed by atoms with Gasteiger partial charge in [-0.05, 0) is 48.9 Å². The minimum Gasteiger partial charge on any atom is -0.465 e. The van der Waals surface area contributed by atoms with E-state index in [1.54, 1.807) is 24.3 Å². The summed E-state index contributed by atoms with van der Waals surface area (Å²) in [5, 5.41) is 0. The summed E-state index contributed by atoms with van der Waals surface area (Å²) in [4.78, 5) is 34.6. The van der Waals surface area contributed by atoms with Crippen molar-refractivity contribution in [1.29, 1.82) is 0 Å². The number of likely N-dealkylation sites (tertiary alicyclic amines) is 1. The third-order valence-corrected chi connectivity index (χ3v) is 6.86. The lowest BCUT2D eigenvalue weighted by Crippen LogP contribution is -2.44. The second-order valence-corrected chi connectivity index (χ2v) is 9.11. The minimum atomic E-state index is -0.473. The van der Waals surface area contributed by atoms with Gasteiger partial charge >= 0.3 is 5.97 Å². The molecule has 1 fully saturated rings.